The number of pyridine rings is 1. The number of anilines is 1. The highest BCUT2D eigenvalue weighted by molar-refractivity contribution is 5.96. The number of benzene rings is 1. The maximum atomic E-state index is 13.4. The van der Waals surface area contributed by atoms with Gasteiger partial charge in [0.25, 0.3) is 11.5 Å². The molecule has 172 valence electrons. The van der Waals surface area contributed by atoms with E-state index in [1.807, 2.05) is 39.2 Å². The molecule has 3 aromatic rings. The molecule has 1 amide bonds. The summed E-state index contributed by atoms with van der Waals surface area (Å²) in [5.74, 6) is 0.180. The minimum atomic E-state index is -0.253. The number of carbonyl (C=O) groups is 1. The number of hydrogen-bond acceptors (Lipinski definition) is 6. The van der Waals surface area contributed by atoms with Crippen LogP contribution in [0.4, 0.5) is 5.69 Å². The molecule has 0 unspecified atom stereocenters. The third-order valence-electron chi connectivity index (χ3n) is 6.11. The van der Waals surface area contributed by atoms with Crippen LogP contribution in [-0.4, -0.2) is 67.1 Å². The topological polar surface area (TPSA) is 85.7 Å². The van der Waals surface area contributed by atoms with Crippen LogP contribution in [0.3, 0.4) is 0 Å². The van der Waals surface area contributed by atoms with Gasteiger partial charge in [0.15, 0.2) is 5.76 Å². The maximum Gasteiger partial charge on any atom is 0.289 e. The molecule has 0 N–H and O–H groups in total. The van der Waals surface area contributed by atoms with Crippen molar-refractivity contribution in [1.82, 2.24) is 14.4 Å². The highest BCUT2D eigenvalue weighted by Gasteiger charge is 2.28. The van der Waals surface area contributed by atoms with Gasteiger partial charge in [-0.05, 0) is 58.3 Å². The molecule has 0 spiro atoms. The molecular weight excluding hydrogens is 418 g/mol. The summed E-state index contributed by atoms with van der Waals surface area (Å²) in [5.41, 5.74) is 2.50. The van der Waals surface area contributed by atoms with Crippen LogP contribution in [-0.2, 0) is 6.54 Å². The van der Waals surface area contributed by atoms with E-state index in [1.165, 1.54) is 6.26 Å². The van der Waals surface area contributed by atoms with Crippen LogP contribution >= 0.6 is 0 Å². The van der Waals surface area contributed by atoms with Gasteiger partial charge in [0.05, 0.1) is 17.5 Å². The second-order valence-corrected chi connectivity index (χ2v) is 8.73. The van der Waals surface area contributed by atoms with Crippen molar-refractivity contribution in [1.29, 1.82) is 5.26 Å². The van der Waals surface area contributed by atoms with Gasteiger partial charge in [-0.25, -0.2) is 0 Å². The molecule has 0 aliphatic carbocycles. The van der Waals surface area contributed by atoms with E-state index in [9.17, 15) is 14.9 Å². The van der Waals surface area contributed by atoms with Crippen molar-refractivity contribution in [2.75, 3.05) is 51.7 Å². The summed E-state index contributed by atoms with van der Waals surface area (Å²) in [5, 5.41) is 10.9. The van der Waals surface area contributed by atoms with E-state index in [2.05, 4.69) is 15.9 Å². The van der Waals surface area contributed by atoms with Crippen molar-refractivity contribution in [3.05, 3.63) is 63.8 Å². The van der Waals surface area contributed by atoms with Crippen molar-refractivity contribution in [2.24, 2.45) is 0 Å². The number of carbonyl (C=O) groups excluding carboxylic acids is 1. The molecule has 0 saturated carbocycles. The molecule has 1 aromatic carbocycles. The molecule has 2 aromatic heterocycles. The highest BCUT2D eigenvalue weighted by Crippen LogP contribution is 2.31. The zero-order valence-electron chi connectivity index (χ0n) is 19.4. The van der Waals surface area contributed by atoms with E-state index in [4.69, 9.17) is 4.42 Å². The molecule has 1 fully saturated rings. The predicted octanol–water partition coefficient (Wildman–Crippen LogP) is 2.69. The number of hydrogen-bond donors (Lipinski definition) is 0. The Morgan fingerprint density at radius 2 is 1.94 bits per heavy atom. The maximum absolute atomic E-state index is 13.4. The number of rotatable bonds is 6. The first kappa shape index (κ1) is 22.6. The summed E-state index contributed by atoms with van der Waals surface area (Å²) < 4.78 is 6.98. The van der Waals surface area contributed by atoms with Gasteiger partial charge in [0.2, 0.25) is 0 Å². The van der Waals surface area contributed by atoms with Crippen LogP contribution in [0.1, 0.15) is 28.1 Å². The molecular formula is C25H29N5O3. The van der Waals surface area contributed by atoms with E-state index in [1.54, 1.807) is 21.6 Å². The van der Waals surface area contributed by atoms with Crippen LogP contribution in [0.5, 0.6) is 0 Å². The predicted molar refractivity (Wildman–Crippen MR) is 128 cm³/mol. The third kappa shape index (κ3) is 4.50. The number of furan rings is 1. The van der Waals surface area contributed by atoms with E-state index < -0.39 is 0 Å². The number of amides is 1. The Balaban J connectivity index is 1.69. The lowest BCUT2D eigenvalue weighted by Crippen LogP contribution is -2.49. The van der Waals surface area contributed by atoms with E-state index >= 15 is 0 Å². The van der Waals surface area contributed by atoms with Gasteiger partial charge in [-0.3, -0.25) is 9.59 Å². The molecule has 3 heterocycles. The normalized spacial score (nSPS) is 14.2. The summed E-state index contributed by atoms with van der Waals surface area (Å²) in [7, 11) is 4.01. The molecule has 8 nitrogen and oxygen atoms in total. The van der Waals surface area contributed by atoms with Crippen LogP contribution in [0, 0.1) is 18.3 Å². The highest BCUT2D eigenvalue weighted by atomic mass is 16.3. The van der Waals surface area contributed by atoms with Crippen molar-refractivity contribution < 1.29 is 9.21 Å². The fraction of sp³-hybridized carbons (Fsp3) is 0.400. The Morgan fingerprint density at radius 1 is 1.18 bits per heavy atom. The van der Waals surface area contributed by atoms with Gasteiger partial charge in [0.1, 0.15) is 11.6 Å². The first-order chi connectivity index (χ1) is 15.9. The van der Waals surface area contributed by atoms with Gasteiger partial charge < -0.3 is 23.7 Å². The van der Waals surface area contributed by atoms with E-state index in [-0.39, 0.29) is 17.0 Å². The number of nitriles is 1. The fourth-order valence-electron chi connectivity index (χ4n) is 4.44. The number of piperazine rings is 1. The van der Waals surface area contributed by atoms with Crippen molar-refractivity contribution in [3.63, 3.8) is 0 Å². The molecule has 0 bridgehead atoms. The lowest BCUT2D eigenvalue weighted by Gasteiger charge is -2.36. The lowest BCUT2D eigenvalue weighted by molar-refractivity contribution is 0.0715. The lowest BCUT2D eigenvalue weighted by atomic mass is 10.0. The Kier molecular flexibility index (Phi) is 6.52. The SMILES string of the molecule is Cc1ccc2c(c1)c(N1CCN(C(=O)c3ccco3)CC1)c(C#N)c(=O)n2CCCN(C)C. The molecule has 8 heteroatoms. The largest absolute Gasteiger partial charge is 0.459 e. The zero-order valence-corrected chi connectivity index (χ0v) is 19.4. The minimum absolute atomic E-state index is 0.142. The van der Waals surface area contributed by atoms with Gasteiger partial charge in [0, 0.05) is 38.1 Å². The average Bonchev–Trinajstić information content (AvgIpc) is 3.34. The second-order valence-electron chi connectivity index (χ2n) is 8.73. The monoisotopic (exact) mass is 447 g/mol. The number of aromatic nitrogens is 1. The number of aryl methyl sites for hydroxylation is 2. The van der Waals surface area contributed by atoms with Gasteiger partial charge >= 0.3 is 0 Å². The molecule has 33 heavy (non-hydrogen) atoms. The van der Waals surface area contributed by atoms with Gasteiger partial charge in [-0.2, -0.15) is 5.26 Å². The Bertz CT molecular complexity index is 1250. The Labute approximate surface area is 193 Å². The van der Waals surface area contributed by atoms with Crippen LogP contribution in [0.15, 0.2) is 45.8 Å². The van der Waals surface area contributed by atoms with Crippen molar-refractivity contribution >= 4 is 22.5 Å². The molecule has 1 aliphatic rings. The third-order valence-corrected chi connectivity index (χ3v) is 6.11. The minimum Gasteiger partial charge on any atom is -0.459 e. The Hall–Kier alpha value is -3.57. The fourth-order valence-corrected chi connectivity index (χ4v) is 4.44. The summed E-state index contributed by atoms with van der Waals surface area (Å²) in [4.78, 5) is 31.9. The van der Waals surface area contributed by atoms with Crippen LogP contribution < -0.4 is 10.5 Å². The van der Waals surface area contributed by atoms with Gasteiger partial charge in [-0.15, -0.1) is 0 Å². The summed E-state index contributed by atoms with van der Waals surface area (Å²) in [6.07, 6.45) is 2.30. The van der Waals surface area contributed by atoms with Crippen molar-refractivity contribution in [2.45, 2.75) is 19.9 Å². The summed E-state index contributed by atoms with van der Waals surface area (Å²) >= 11 is 0. The standard InChI is InChI=1S/C25H29N5O3/c1-18-7-8-21-19(16-18)23(20(17-26)24(31)30(21)10-5-9-27(2)3)28-11-13-29(14-12-28)25(32)22-6-4-15-33-22/h4,6-8,15-16H,5,9-14H2,1-3H3. The first-order valence-corrected chi connectivity index (χ1v) is 11.2. The van der Waals surface area contributed by atoms with Crippen molar-refractivity contribution in [3.8, 4) is 6.07 Å². The van der Waals surface area contributed by atoms with Gasteiger partial charge in [-0.1, -0.05) is 11.6 Å². The first-order valence-electron chi connectivity index (χ1n) is 11.2. The molecule has 1 aliphatic heterocycles. The molecule has 0 atom stereocenters. The molecule has 4 rings (SSSR count). The second kappa shape index (κ2) is 9.51. The summed E-state index contributed by atoms with van der Waals surface area (Å²) in [6.45, 7) is 5.47. The molecule has 1 saturated heterocycles. The Morgan fingerprint density at radius 3 is 2.58 bits per heavy atom. The number of nitrogens with zero attached hydrogens (tertiary/aromatic N) is 5. The average molecular weight is 448 g/mol. The number of fused-ring (bicyclic) bond motifs is 1. The quantitative estimate of drug-likeness (QED) is 0.578. The zero-order chi connectivity index (χ0) is 23.5. The summed E-state index contributed by atoms with van der Waals surface area (Å²) in [6, 6.07) is 11.6. The van der Waals surface area contributed by atoms with Crippen LogP contribution in [0.25, 0.3) is 10.9 Å². The van der Waals surface area contributed by atoms with E-state index in [0.29, 0.717) is 44.2 Å². The molecule has 0 radical (unpaired) electrons. The van der Waals surface area contributed by atoms with Crippen LogP contribution in [0.2, 0.25) is 0 Å². The smallest absolute Gasteiger partial charge is 0.289 e. The van der Waals surface area contributed by atoms with E-state index in [0.717, 1.165) is 29.4 Å².